The Morgan fingerprint density at radius 1 is 1.03 bits per heavy atom. The maximum atomic E-state index is 13.6. The maximum Gasteiger partial charge on any atom is 0.335 e. The van der Waals surface area contributed by atoms with Gasteiger partial charge in [-0.1, -0.05) is 30.0 Å². The van der Waals surface area contributed by atoms with E-state index in [1.165, 1.54) is 42.1 Å². The van der Waals surface area contributed by atoms with Crippen LogP contribution < -0.4 is 0 Å². The standard InChI is InChI=1S/C22H14F2N2O4S/c23-15-7-13(8-16(24)10-15)11-25-12-21(17-6-5-14(22(27)28)9-19(17)25)31-20-4-2-1-3-18(20)26(29)30/h1-10,12H,11H2,(H,27,28). The summed E-state index contributed by atoms with van der Waals surface area (Å²) in [7, 11) is 0. The van der Waals surface area contributed by atoms with Crippen LogP contribution in [0, 0.1) is 21.7 Å². The number of carboxylic acids is 1. The van der Waals surface area contributed by atoms with Gasteiger partial charge in [-0.05, 0) is 35.9 Å². The molecule has 0 spiro atoms. The van der Waals surface area contributed by atoms with Crippen LogP contribution in [0.2, 0.25) is 0 Å². The van der Waals surface area contributed by atoms with Crippen molar-refractivity contribution < 1.29 is 23.6 Å². The molecule has 0 saturated carbocycles. The lowest BCUT2D eigenvalue weighted by molar-refractivity contribution is -0.387. The smallest absolute Gasteiger partial charge is 0.335 e. The Balaban J connectivity index is 1.83. The summed E-state index contributed by atoms with van der Waals surface area (Å²) in [6, 6.07) is 14.0. The summed E-state index contributed by atoms with van der Waals surface area (Å²) in [6.07, 6.45) is 1.69. The fraction of sp³-hybridized carbons (Fsp3) is 0.0455. The summed E-state index contributed by atoms with van der Waals surface area (Å²) < 4.78 is 28.9. The maximum absolute atomic E-state index is 13.6. The zero-order chi connectivity index (χ0) is 22.1. The van der Waals surface area contributed by atoms with Crippen LogP contribution in [0.1, 0.15) is 15.9 Å². The predicted octanol–water partition coefficient (Wildman–Crippen LogP) is 5.73. The molecule has 1 heterocycles. The number of para-hydroxylation sites is 1. The van der Waals surface area contributed by atoms with Crippen LogP contribution in [-0.4, -0.2) is 20.6 Å². The molecule has 0 fully saturated rings. The first kappa shape index (κ1) is 20.5. The van der Waals surface area contributed by atoms with Crippen LogP contribution in [0.15, 0.2) is 76.7 Å². The van der Waals surface area contributed by atoms with Gasteiger partial charge in [0.05, 0.1) is 20.9 Å². The lowest BCUT2D eigenvalue weighted by Gasteiger charge is -2.07. The van der Waals surface area contributed by atoms with Gasteiger partial charge in [0.25, 0.3) is 5.69 Å². The van der Waals surface area contributed by atoms with Crippen LogP contribution in [0.4, 0.5) is 14.5 Å². The summed E-state index contributed by atoms with van der Waals surface area (Å²) >= 11 is 1.17. The number of halogens is 2. The molecule has 3 aromatic carbocycles. The molecule has 0 aliphatic carbocycles. The fourth-order valence-corrected chi connectivity index (χ4v) is 4.41. The van der Waals surface area contributed by atoms with E-state index in [9.17, 15) is 28.8 Å². The van der Waals surface area contributed by atoms with Gasteiger partial charge in [-0.25, -0.2) is 13.6 Å². The van der Waals surface area contributed by atoms with E-state index in [0.29, 0.717) is 26.3 Å². The number of nitro benzene ring substituents is 1. The second-order valence-electron chi connectivity index (χ2n) is 6.76. The Kier molecular flexibility index (Phi) is 5.43. The molecule has 4 aromatic rings. The van der Waals surface area contributed by atoms with Crippen LogP contribution in [0.25, 0.3) is 10.9 Å². The van der Waals surface area contributed by atoms with Crippen molar-refractivity contribution in [2.45, 2.75) is 16.3 Å². The molecule has 0 bridgehead atoms. The first-order valence-corrected chi connectivity index (χ1v) is 9.86. The van der Waals surface area contributed by atoms with Gasteiger partial charge < -0.3 is 9.67 Å². The van der Waals surface area contributed by atoms with Crippen LogP contribution >= 0.6 is 11.8 Å². The number of fused-ring (bicyclic) bond motifs is 1. The Hall–Kier alpha value is -3.72. The number of aromatic carboxylic acids is 1. The van der Waals surface area contributed by atoms with Crippen molar-refractivity contribution in [1.29, 1.82) is 0 Å². The number of aromatic nitrogens is 1. The summed E-state index contributed by atoms with van der Waals surface area (Å²) in [5.41, 5.74) is 0.894. The van der Waals surface area contributed by atoms with Crippen LogP contribution in [0.5, 0.6) is 0 Å². The average Bonchev–Trinajstić information content (AvgIpc) is 3.04. The number of nitro groups is 1. The number of rotatable bonds is 6. The SMILES string of the molecule is O=C(O)c1ccc2c(Sc3ccccc3[N+](=O)[O-])cn(Cc3cc(F)cc(F)c3)c2c1. The molecule has 0 radical (unpaired) electrons. The molecule has 0 aliphatic rings. The zero-order valence-electron chi connectivity index (χ0n) is 15.8. The lowest BCUT2D eigenvalue weighted by Crippen LogP contribution is -2.01. The molecule has 0 amide bonds. The van der Waals surface area contributed by atoms with Gasteiger partial charge in [0.15, 0.2) is 0 Å². The van der Waals surface area contributed by atoms with Crippen molar-refractivity contribution >= 4 is 34.3 Å². The minimum absolute atomic E-state index is 0.0530. The number of nitrogens with zero attached hydrogens (tertiary/aromatic N) is 2. The van der Waals surface area contributed by atoms with E-state index in [0.717, 1.165) is 6.07 Å². The summed E-state index contributed by atoms with van der Waals surface area (Å²) in [5, 5.41) is 21.4. The molecule has 6 nitrogen and oxygen atoms in total. The van der Waals surface area contributed by atoms with Crippen molar-refractivity contribution in [2.75, 3.05) is 0 Å². The number of hydrogen-bond donors (Lipinski definition) is 1. The minimum Gasteiger partial charge on any atom is -0.478 e. The molecule has 4 rings (SSSR count). The lowest BCUT2D eigenvalue weighted by atomic mass is 10.1. The van der Waals surface area contributed by atoms with E-state index >= 15 is 0 Å². The highest BCUT2D eigenvalue weighted by atomic mass is 32.2. The summed E-state index contributed by atoms with van der Waals surface area (Å²) in [4.78, 5) is 23.4. The number of hydrogen-bond acceptors (Lipinski definition) is 4. The molecule has 0 aliphatic heterocycles. The zero-order valence-corrected chi connectivity index (χ0v) is 16.6. The van der Waals surface area contributed by atoms with Gasteiger partial charge in [0.1, 0.15) is 11.6 Å². The normalized spacial score (nSPS) is 11.0. The second-order valence-corrected chi connectivity index (χ2v) is 7.85. The Bertz CT molecular complexity index is 1320. The van der Waals surface area contributed by atoms with E-state index in [4.69, 9.17) is 0 Å². The van der Waals surface area contributed by atoms with Crippen LogP contribution in [-0.2, 0) is 6.54 Å². The van der Waals surface area contributed by atoms with Crippen molar-refractivity contribution in [2.24, 2.45) is 0 Å². The van der Waals surface area contributed by atoms with Crippen molar-refractivity contribution in [1.82, 2.24) is 4.57 Å². The molecule has 0 saturated heterocycles. The average molecular weight is 440 g/mol. The van der Waals surface area contributed by atoms with E-state index in [1.54, 1.807) is 35.0 Å². The van der Waals surface area contributed by atoms with E-state index in [2.05, 4.69) is 0 Å². The van der Waals surface area contributed by atoms with Crippen molar-refractivity contribution in [3.05, 3.63) is 99.7 Å². The topological polar surface area (TPSA) is 85.4 Å². The molecule has 0 atom stereocenters. The van der Waals surface area contributed by atoms with Gasteiger partial charge in [0, 0.05) is 35.2 Å². The van der Waals surface area contributed by atoms with E-state index < -0.39 is 22.5 Å². The highest BCUT2D eigenvalue weighted by Crippen LogP contribution is 2.39. The van der Waals surface area contributed by atoms with E-state index in [-0.39, 0.29) is 17.8 Å². The highest BCUT2D eigenvalue weighted by molar-refractivity contribution is 7.99. The van der Waals surface area contributed by atoms with Gasteiger partial charge in [-0.15, -0.1) is 0 Å². The Labute approximate surface area is 178 Å². The first-order valence-electron chi connectivity index (χ1n) is 9.04. The largest absolute Gasteiger partial charge is 0.478 e. The van der Waals surface area contributed by atoms with Crippen LogP contribution in [0.3, 0.4) is 0 Å². The highest BCUT2D eigenvalue weighted by Gasteiger charge is 2.18. The molecule has 31 heavy (non-hydrogen) atoms. The first-order chi connectivity index (χ1) is 14.8. The molecular weight excluding hydrogens is 426 g/mol. The number of carbonyl (C=O) groups is 1. The van der Waals surface area contributed by atoms with E-state index in [1.807, 2.05) is 0 Å². The molecule has 9 heteroatoms. The van der Waals surface area contributed by atoms with Crippen molar-refractivity contribution in [3.63, 3.8) is 0 Å². The predicted molar refractivity (Wildman–Crippen MR) is 112 cm³/mol. The molecule has 156 valence electrons. The number of carboxylic acid groups (broad SMARTS) is 1. The Morgan fingerprint density at radius 3 is 2.42 bits per heavy atom. The minimum atomic E-state index is -1.11. The molecule has 0 unspecified atom stereocenters. The molecular formula is C22H14F2N2O4S. The third-order valence-corrected chi connectivity index (χ3v) is 5.76. The monoisotopic (exact) mass is 440 g/mol. The summed E-state index contributed by atoms with van der Waals surface area (Å²) in [5.74, 6) is -2.54. The van der Waals surface area contributed by atoms with Gasteiger partial charge in [0.2, 0.25) is 0 Å². The molecule has 1 aromatic heterocycles. The Morgan fingerprint density at radius 2 is 1.74 bits per heavy atom. The third kappa shape index (κ3) is 4.26. The number of benzene rings is 3. The third-order valence-electron chi connectivity index (χ3n) is 4.65. The van der Waals surface area contributed by atoms with Gasteiger partial charge >= 0.3 is 5.97 Å². The molecule has 1 N–H and O–H groups in total. The second kappa shape index (κ2) is 8.19. The van der Waals surface area contributed by atoms with Gasteiger partial charge in [-0.2, -0.15) is 0 Å². The quantitative estimate of drug-likeness (QED) is 0.306. The van der Waals surface area contributed by atoms with Gasteiger partial charge in [-0.3, -0.25) is 10.1 Å². The fourth-order valence-electron chi connectivity index (χ4n) is 3.32. The van der Waals surface area contributed by atoms with Crippen molar-refractivity contribution in [3.8, 4) is 0 Å². The summed E-state index contributed by atoms with van der Waals surface area (Å²) in [6.45, 7) is 0.0890.